The van der Waals surface area contributed by atoms with E-state index in [1.165, 1.54) is 0 Å². The van der Waals surface area contributed by atoms with Crippen molar-refractivity contribution in [1.29, 1.82) is 0 Å². The summed E-state index contributed by atoms with van der Waals surface area (Å²) in [5.74, 6) is 0.398. The summed E-state index contributed by atoms with van der Waals surface area (Å²) in [4.78, 5) is 0. The molecule has 0 aliphatic heterocycles. The quantitative estimate of drug-likeness (QED) is 0.736. The molecule has 20 heavy (non-hydrogen) atoms. The normalized spacial score (nSPS) is 15.3. The summed E-state index contributed by atoms with van der Waals surface area (Å²) in [6.07, 6.45) is -3.06. The van der Waals surface area contributed by atoms with E-state index in [1.54, 1.807) is 24.3 Å². The number of benzene rings is 1. The fourth-order valence-electron chi connectivity index (χ4n) is 2.64. The van der Waals surface area contributed by atoms with Gasteiger partial charge in [-0.1, -0.05) is 57.0 Å². The standard InChI is InChI=1S/C16H24F3N/c1-4-13(5-2)12(3)20-15(11-16(17,18)19)14-9-7-6-8-10-14/h6-10,12-13,15,20H,4-5,11H2,1-3H3. The summed E-state index contributed by atoms with van der Waals surface area (Å²) in [5, 5.41) is 3.17. The maximum atomic E-state index is 12.8. The molecule has 1 aromatic rings. The molecule has 0 aliphatic carbocycles. The van der Waals surface area contributed by atoms with Crippen molar-refractivity contribution in [2.24, 2.45) is 5.92 Å². The van der Waals surface area contributed by atoms with Gasteiger partial charge in [0.25, 0.3) is 0 Å². The number of alkyl halides is 3. The van der Waals surface area contributed by atoms with E-state index in [0.29, 0.717) is 11.5 Å². The Morgan fingerprint density at radius 2 is 1.60 bits per heavy atom. The molecule has 0 amide bonds. The van der Waals surface area contributed by atoms with E-state index in [0.717, 1.165) is 12.8 Å². The first-order valence-corrected chi connectivity index (χ1v) is 7.25. The van der Waals surface area contributed by atoms with Crippen molar-refractivity contribution in [2.45, 2.75) is 58.3 Å². The fourth-order valence-corrected chi connectivity index (χ4v) is 2.64. The number of halogens is 3. The molecule has 0 fully saturated rings. The summed E-state index contributed by atoms with van der Waals surface area (Å²) < 4.78 is 38.3. The van der Waals surface area contributed by atoms with Crippen LogP contribution in [0.1, 0.15) is 51.6 Å². The van der Waals surface area contributed by atoms with Gasteiger partial charge in [0.15, 0.2) is 0 Å². The second kappa shape index (κ2) is 7.67. The van der Waals surface area contributed by atoms with Crippen molar-refractivity contribution in [3.8, 4) is 0 Å². The zero-order valence-corrected chi connectivity index (χ0v) is 12.4. The monoisotopic (exact) mass is 287 g/mol. The van der Waals surface area contributed by atoms with Gasteiger partial charge in [0.2, 0.25) is 0 Å². The smallest absolute Gasteiger partial charge is 0.307 e. The van der Waals surface area contributed by atoms with Gasteiger partial charge in [-0.3, -0.25) is 0 Å². The Balaban J connectivity index is 2.83. The molecule has 4 heteroatoms. The van der Waals surface area contributed by atoms with Crippen LogP contribution in [0.4, 0.5) is 13.2 Å². The summed E-state index contributed by atoms with van der Waals surface area (Å²) >= 11 is 0. The molecule has 114 valence electrons. The maximum Gasteiger partial charge on any atom is 0.390 e. The van der Waals surface area contributed by atoms with Crippen molar-refractivity contribution in [3.63, 3.8) is 0 Å². The first-order chi connectivity index (χ1) is 9.37. The van der Waals surface area contributed by atoms with Gasteiger partial charge in [-0.2, -0.15) is 13.2 Å². The van der Waals surface area contributed by atoms with Gasteiger partial charge in [0.05, 0.1) is 6.42 Å². The van der Waals surface area contributed by atoms with Gasteiger partial charge in [0, 0.05) is 12.1 Å². The minimum Gasteiger partial charge on any atom is -0.307 e. The Bertz CT molecular complexity index is 371. The van der Waals surface area contributed by atoms with Crippen LogP contribution >= 0.6 is 0 Å². The van der Waals surface area contributed by atoms with E-state index in [4.69, 9.17) is 0 Å². The molecule has 0 aromatic heterocycles. The third-order valence-corrected chi connectivity index (χ3v) is 3.86. The number of hydrogen-bond donors (Lipinski definition) is 1. The Labute approximate surface area is 119 Å². The lowest BCUT2D eigenvalue weighted by molar-refractivity contribution is -0.141. The lowest BCUT2D eigenvalue weighted by Crippen LogP contribution is -2.38. The summed E-state index contributed by atoms with van der Waals surface area (Å²) in [5.41, 5.74) is 0.697. The van der Waals surface area contributed by atoms with Crippen molar-refractivity contribution in [1.82, 2.24) is 5.32 Å². The average molecular weight is 287 g/mol. The molecular formula is C16H24F3N. The molecule has 0 aliphatic rings. The van der Waals surface area contributed by atoms with Crippen LogP contribution in [-0.4, -0.2) is 12.2 Å². The van der Waals surface area contributed by atoms with Crippen molar-refractivity contribution < 1.29 is 13.2 Å². The minimum absolute atomic E-state index is 0.0672. The van der Waals surface area contributed by atoms with E-state index in [-0.39, 0.29) is 6.04 Å². The molecule has 0 heterocycles. The number of hydrogen-bond acceptors (Lipinski definition) is 1. The highest BCUT2D eigenvalue weighted by Crippen LogP contribution is 2.30. The van der Waals surface area contributed by atoms with Crippen molar-refractivity contribution >= 4 is 0 Å². The van der Waals surface area contributed by atoms with E-state index < -0.39 is 18.6 Å². The molecule has 0 saturated heterocycles. The van der Waals surface area contributed by atoms with Gasteiger partial charge in [-0.15, -0.1) is 0 Å². The zero-order valence-electron chi connectivity index (χ0n) is 12.4. The van der Waals surface area contributed by atoms with E-state index in [1.807, 2.05) is 13.0 Å². The van der Waals surface area contributed by atoms with Gasteiger partial charge in [-0.05, 0) is 18.4 Å². The van der Waals surface area contributed by atoms with Gasteiger partial charge in [-0.25, -0.2) is 0 Å². The van der Waals surface area contributed by atoms with Crippen molar-refractivity contribution in [2.75, 3.05) is 0 Å². The second-order valence-corrected chi connectivity index (χ2v) is 5.31. The van der Waals surface area contributed by atoms with Crippen LogP contribution in [0.5, 0.6) is 0 Å². The van der Waals surface area contributed by atoms with Crippen molar-refractivity contribution in [3.05, 3.63) is 35.9 Å². The first kappa shape index (κ1) is 17.0. The summed E-state index contributed by atoms with van der Waals surface area (Å²) in [6, 6.07) is 8.28. The molecule has 0 radical (unpaired) electrons. The van der Waals surface area contributed by atoms with Gasteiger partial charge >= 0.3 is 6.18 Å². The lowest BCUT2D eigenvalue weighted by Gasteiger charge is -2.29. The fraction of sp³-hybridized carbons (Fsp3) is 0.625. The highest BCUT2D eigenvalue weighted by Gasteiger charge is 2.33. The number of rotatable bonds is 7. The minimum atomic E-state index is -4.17. The Morgan fingerprint density at radius 1 is 1.05 bits per heavy atom. The molecule has 0 saturated carbocycles. The molecule has 1 aromatic carbocycles. The summed E-state index contributed by atoms with van der Waals surface area (Å²) in [7, 11) is 0. The van der Waals surface area contributed by atoms with Crippen LogP contribution in [0.25, 0.3) is 0 Å². The predicted molar refractivity (Wildman–Crippen MR) is 76.5 cm³/mol. The predicted octanol–water partition coefficient (Wildman–Crippen LogP) is 5.09. The lowest BCUT2D eigenvalue weighted by atomic mass is 9.93. The molecule has 1 rings (SSSR count). The molecule has 0 spiro atoms. The van der Waals surface area contributed by atoms with Crippen LogP contribution in [0, 0.1) is 5.92 Å². The zero-order chi connectivity index (χ0) is 15.2. The molecule has 1 nitrogen and oxygen atoms in total. The highest BCUT2D eigenvalue weighted by molar-refractivity contribution is 5.19. The van der Waals surface area contributed by atoms with Crippen LogP contribution in [0.3, 0.4) is 0 Å². The Morgan fingerprint density at radius 3 is 2.05 bits per heavy atom. The highest BCUT2D eigenvalue weighted by atomic mass is 19.4. The average Bonchev–Trinajstić information content (AvgIpc) is 2.39. The second-order valence-electron chi connectivity index (χ2n) is 5.31. The summed E-state index contributed by atoms with van der Waals surface area (Å²) in [6.45, 7) is 6.13. The van der Waals surface area contributed by atoms with E-state index in [9.17, 15) is 13.2 Å². The maximum absolute atomic E-state index is 12.8. The van der Waals surface area contributed by atoms with Gasteiger partial charge < -0.3 is 5.32 Å². The van der Waals surface area contributed by atoms with Crippen LogP contribution < -0.4 is 5.32 Å². The Hall–Kier alpha value is -1.03. The SMILES string of the molecule is CCC(CC)C(C)NC(CC(F)(F)F)c1ccccc1. The van der Waals surface area contributed by atoms with Crippen LogP contribution in [0.2, 0.25) is 0 Å². The molecule has 0 bridgehead atoms. The van der Waals surface area contributed by atoms with Crippen LogP contribution in [0.15, 0.2) is 30.3 Å². The topological polar surface area (TPSA) is 12.0 Å². The largest absolute Gasteiger partial charge is 0.390 e. The van der Waals surface area contributed by atoms with E-state index >= 15 is 0 Å². The third kappa shape index (κ3) is 5.53. The molecular weight excluding hydrogens is 263 g/mol. The Kier molecular flexibility index (Phi) is 6.53. The molecule has 2 atom stereocenters. The third-order valence-electron chi connectivity index (χ3n) is 3.86. The molecule has 1 N–H and O–H groups in total. The molecule has 2 unspecified atom stereocenters. The van der Waals surface area contributed by atoms with Crippen LogP contribution in [-0.2, 0) is 0 Å². The van der Waals surface area contributed by atoms with E-state index in [2.05, 4.69) is 19.2 Å². The van der Waals surface area contributed by atoms with Gasteiger partial charge in [0.1, 0.15) is 0 Å². The first-order valence-electron chi connectivity index (χ1n) is 7.25. The number of nitrogens with one attached hydrogen (secondary N) is 1.